The zero-order chi connectivity index (χ0) is 10.0. The van der Waals surface area contributed by atoms with Crippen LogP contribution in [0.3, 0.4) is 0 Å². The molecule has 1 aromatic rings. The fraction of sp³-hybridized carbons (Fsp3) is 0.333. The summed E-state index contributed by atoms with van der Waals surface area (Å²) in [5.41, 5.74) is 6.71. The minimum absolute atomic E-state index is 0.355. The Morgan fingerprint density at radius 2 is 2.00 bits per heavy atom. The highest BCUT2D eigenvalue weighted by atomic mass is 79.9. The first kappa shape index (κ1) is 11.2. The lowest BCUT2D eigenvalue weighted by atomic mass is 10.0. The molecule has 0 aliphatic carbocycles. The van der Waals surface area contributed by atoms with Crippen molar-refractivity contribution in [2.24, 2.45) is 5.73 Å². The molecule has 72 valence electrons. The van der Waals surface area contributed by atoms with E-state index in [2.05, 4.69) is 31.9 Å². The molecule has 2 nitrogen and oxygen atoms in total. The molecule has 3 N–H and O–H groups in total. The summed E-state index contributed by atoms with van der Waals surface area (Å²) in [4.78, 5) is 0. The Kier molecular flexibility index (Phi) is 3.91. The van der Waals surface area contributed by atoms with Gasteiger partial charge in [0.2, 0.25) is 0 Å². The zero-order valence-corrected chi connectivity index (χ0v) is 10.3. The predicted octanol–water partition coefficient (Wildman–Crippen LogP) is 2.59. The average molecular weight is 309 g/mol. The molecule has 0 aliphatic rings. The number of aliphatic hydroxyl groups is 1. The number of nitrogens with two attached hydrogens (primary N) is 1. The second kappa shape index (κ2) is 4.55. The van der Waals surface area contributed by atoms with Crippen LogP contribution in [0.25, 0.3) is 0 Å². The van der Waals surface area contributed by atoms with E-state index in [0.29, 0.717) is 0 Å². The first-order valence-corrected chi connectivity index (χ1v) is 5.50. The maximum absolute atomic E-state index is 9.33. The SMILES string of the molecule is CC(O)[C@H](N)c1cccc(Br)c1Br. The summed E-state index contributed by atoms with van der Waals surface area (Å²) in [5.74, 6) is 0. The van der Waals surface area contributed by atoms with Gasteiger partial charge in [-0.3, -0.25) is 0 Å². The molecule has 0 radical (unpaired) electrons. The molecule has 13 heavy (non-hydrogen) atoms. The maximum Gasteiger partial charge on any atom is 0.0705 e. The van der Waals surface area contributed by atoms with E-state index in [9.17, 15) is 5.11 Å². The molecular weight excluding hydrogens is 298 g/mol. The van der Waals surface area contributed by atoms with E-state index in [0.717, 1.165) is 14.5 Å². The molecule has 4 heteroatoms. The van der Waals surface area contributed by atoms with Gasteiger partial charge in [-0.25, -0.2) is 0 Å². The molecule has 0 aliphatic heterocycles. The molecule has 0 saturated heterocycles. The van der Waals surface area contributed by atoms with E-state index < -0.39 is 6.10 Å². The van der Waals surface area contributed by atoms with Crippen LogP contribution in [0, 0.1) is 0 Å². The van der Waals surface area contributed by atoms with Crippen molar-refractivity contribution in [3.63, 3.8) is 0 Å². The first-order valence-electron chi connectivity index (χ1n) is 3.91. The van der Waals surface area contributed by atoms with Crippen molar-refractivity contribution in [3.8, 4) is 0 Å². The maximum atomic E-state index is 9.33. The smallest absolute Gasteiger partial charge is 0.0705 e. The molecule has 1 unspecified atom stereocenters. The fourth-order valence-corrected chi connectivity index (χ4v) is 1.95. The molecule has 0 bridgehead atoms. The van der Waals surface area contributed by atoms with Crippen molar-refractivity contribution < 1.29 is 5.11 Å². The van der Waals surface area contributed by atoms with Crippen molar-refractivity contribution in [1.82, 2.24) is 0 Å². The molecule has 0 aromatic heterocycles. The van der Waals surface area contributed by atoms with Gasteiger partial charge in [0.05, 0.1) is 12.1 Å². The van der Waals surface area contributed by atoms with Crippen LogP contribution in [-0.4, -0.2) is 11.2 Å². The number of rotatable bonds is 2. The summed E-state index contributed by atoms with van der Waals surface area (Å²) in [6.07, 6.45) is -0.550. The summed E-state index contributed by atoms with van der Waals surface area (Å²) in [6.45, 7) is 1.68. The minimum atomic E-state index is -0.550. The summed E-state index contributed by atoms with van der Waals surface area (Å²) in [5, 5.41) is 9.33. The van der Waals surface area contributed by atoms with Gasteiger partial charge in [0.15, 0.2) is 0 Å². The van der Waals surface area contributed by atoms with Gasteiger partial charge < -0.3 is 10.8 Å². The number of hydrogen-bond donors (Lipinski definition) is 2. The molecule has 0 fully saturated rings. The van der Waals surface area contributed by atoms with Crippen LogP contribution in [0.2, 0.25) is 0 Å². The Balaban J connectivity index is 3.07. The Bertz CT molecular complexity index is 302. The Morgan fingerprint density at radius 3 is 2.54 bits per heavy atom. The van der Waals surface area contributed by atoms with Crippen LogP contribution >= 0.6 is 31.9 Å². The average Bonchev–Trinajstić information content (AvgIpc) is 2.08. The van der Waals surface area contributed by atoms with Gasteiger partial charge >= 0.3 is 0 Å². The quantitative estimate of drug-likeness (QED) is 0.882. The summed E-state index contributed by atoms with van der Waals surface area (Å²) < 4.78 is 1.85. The zero-order valence-electron chi connectivity index (χ0n) is 7.17. The number of halogens is 2. The van der Waals surface area contributed by atoms with E-state index in [-0.39, 0.29) is 6.04 Å². The third kappa shape index (κ3) is 2.53. The topological polar surface area (TPSA) is 46.2 Å². The standard InChI is InChI=1S/C9H11Br2NO/c1-5(13)9(12)6-3-2-4-7(10)8(6)11/h2-5,9,13H,12H2,1H3/t5?,9-/m0/s1. The van der Waals surface area contributed by atoms with Crippen LogP contribution < -0.4 is 5.73 Å². The van der Waals surface area contributed by atoms with Crippen LogP contribution in [-0.2, 0) is 0 Å². The number of benzene rings is 1. The Morgan fingerprint density at radius 1 is 1.38 bits per heavy atom. The van der Waals surface area contributed by atoms with Crippen molar-refractivity contribution in [2.45, 2.75) is 19.1 Å². The minimum Gasteiger partial charge on any atom is -0.391 e. The van der Waals surface area contributed by atoms with E-state index >= 15 is 0 Å². The lowest BCUT2D eigenvalue weighted by Gasteiger charge is -2.17. The second-order valence-corrected chi connectivity index (χ2v) is 4.56. The highest BCUT2D eigenvalue weighted by Crippen LogP contribution is 2.30. The van der Waals surface area contributed by atoms with Gasteiger partial charge in [-0.1, -0.05) is 12.1 Å². The molecule has 1 aromatic carbocycles. The Hall–Kier alpha value is 0.1000. The van der Waals surface area contributed by atoms with Gasteiger partial charge in [-0.15, -0.1) is 0 Å². The monoisotopic (exact) mass is 307 g/mol. The highest BCUT2D eigenvalue weighted by molar-refractivity contribution is 9.13. The van der Waals surface area contributed by atoms with Crippen LogP contribution in [0.15, 0.2) is 27.1 Å². The lowest BCUT2D eigenvalue weighted by Crippen LogP contribution is -2.23. The third-order valence-corrected chi connectivity index (χ3v) is 3.94. The van der Waals surface area contributed by atoms with Gasteiger partial charge in [-0.05, 0) is 50.4 Å². The second-order valence-electron chi connectivity index (χ2n) is 2.91. The van der Waals surface area contributed by atoms with Crippen LogP contribution in [0.5, 0.6) is 0 Å². The third-order valence-electron chi connectivity index (χ3n) is 1.86. The van der Waals surface area contributed by atoms with Gasteiger partial charge in [-0.2, -0.15) is 0 Å². The summed E-state index contributed by atoms with van der Waals surface area (Å²) >= 11 is 6.79. The van der Waals surface area contributed by atoms with Gasteiger partial charge in [0.25, 0.3) is 0 Å². The number of hydrogen-bond acceptors (Lipinski definition) is 2. The van der Waals surface area contributed by atoms with Crippen LogP contribution in [0.1, 0.15) is 18.5 Å². The molecule has 0 spiro atoms. The Labute approximate surface area is 94.4 Å². The normalized spacial score (nSPS) is 15.5. The van der Waals surface area contributed by atoms with E-state index in [1.165, 1.54) is 0 Å². The molecule has 2 atom stereocenters. The molecule has 1 rings (SSSR count). The van der Waals surface area contributed by atoms with Crippen molar-refractivity contribution in [1.29, 1.82) is 0 Å². The fourth-order valence-electron chi connectivity index (χ4n) is 1.04. The molecule has 0 heterocycles. The molecule has 0 amide bonds. The van der Waals surface area contributed by atoms with E-state index in [1.807, 2.05) is 18.2 Å². The van der Waals surface area contributed by atoms with Gasteiger partial charge in [0, 0.05) is 8.95 Å². The summed E-state index contributed by atoms with van der Waals surface area (Å²) in [7, 11) is 0. The largest absolute Gasteiger partial charge is 0.391 e. The van der Waals surface area contributed by atoms with E-state index in [1.54, 1.807) is 6.92 Å². The number of aliphatic hydroxyl groups excluding tert-OH is 1. The highest BCUT2D eigenvalue weighted by Gasteiger charge is 2.15. The van der Waals surface area contributed by atoms with Crippen LogP contribution in [0.4, 0.5) is 0 Å². The molecule has 0 saturated carbocycles. The predicted molar refractivity (Wildman–Crippen MR) is 60.5 cm³/mol. The lowest BCUT2D eigenvalue weighted by molar-refractivity contribution is 0.164. The summed E-state index contributed by atoms with van der Waals surface area (Å²) in [6, 6.07) is 5.35. The van der Waals surface area contributed by atoms with Crippen molar-refractivity contribution in [3.05, 3.63) is 32.7 Å². The van der Waals surface area contributed by atoms with E-state index in [4.69, 9.17) is 5.73 Å². The van der Waals surface area contributed by atoms with Gasteiger partial charge in [0.1, 0.15) is 0 Å². The van der Waals surface area contributed by atoms with Crippen molar-refractivity contribution >= 4 is 31.9 Å². The first-order chi connectivity index (χ1) is 6.04. The molecular formula is C9H11Br2NO. The van der Waals surface area contributed by atoms with Crippen molar-refractivity contribution in [2.75, 3.05) is 0 Å².